The van der Waals surface area contributed by atoms with Crippen LogP contribution in [0.25, 0.3) is 0 Å². The summed E-state index contributed by atoms with van der Waals surface area (Å²) in [6, 6.07) is 6.06. The summed E-state index contributed by atoms with van der Waals surface area (Å²) in [6.07, 6.45) is 5.05. The van der Waals surface area contributed by atoms with Gasteiger partial charge in [0, 0.05) is 12.6 Å². The average molecular weight is 276 g/mol. The Hall–Kier alpha value is -1.71. The maximum atomic E-state index is 11.7. The van der Waals surface area contributed by atoms with Gasteiger partial charge in [0.1, 0.15) is 0 Å². The molecule has 0 aromatic heterocycles. The highest BCUT2D eigenvalue weighted by Crippen LogP contribution is 2.32. The van der Waals surface area contributed by atoms with Crippen molar-refractivity contribution in [2.24, 2.45) is 0 Å². The van der Waals surface area contributed by atoms with Crippen LogP contribution in [0.3, 0.4) is 0 Å². The number of esters is 1. The Morgan fingerprint density at radius 1 is 1.35 bits per heavy atom. The molecule has 0 saturated heterocycles. The van der Waals surface area contributed by atoms with E-state index in [-0.39, 0.29) is 5.97 Å². The number of carbonyl (C=O) groups excluding carboxylic acids is 1. The predicted molar refractivity (Wildman–Crippen MR) is 82.1 cm³/mol. The van der Waals surface area contributed by atoms with Gasteiger partial charge in [-0.2, -0.15) is 0 Å². The lowest BCUT2D eigenvalue weighted by atomic mass is 10.1. The number of carbonyl (C=O) groups is 1. The van der Waals surface area contributed by atoms with E-state index in [9.17, 15) is 4.79 Å². The van der Waals surface area contributed by atoms with Crippen molar-refractivity contribution in [1.29, 1.82) is 0 Å². The second kappa shape index (κ2) is 6.64. The standard InChI is InChI=1S/C16H24N2O2/c1-3-18(13-7-5-6-8-13)15-10-9-12(11-14(15)17)16(19)20-4-2/h9-11,13H,3-8,17H2,1-2H3. The molecule has 1 aromatic carbocycles. The number of hydrogen-bond donors (Lipinski definition) is 1. The molecule has 0 aliphatic heterocycles. The highest BCUT2D eigenvalue weighted by atomic mass is 16.5. The van der Waals surface area contributed by atoms with Gasteiger partial charge in [-0.25, -0.2) is 4.79 Å². The van der Waals surface area contributed by atoms with Crippen molar-refractivity contribution in [1.82, 2.24) is 0 Å². The molecule has 20 heavy (non-hydrogen) atoms. The van der Waals surface area contributed by atoms with Crippen LogP contribution in [0.5, 0.6) is 0 Å². The van der Waals surface area contributed by atoms with Crippen LogP contribution in [-0.2, 0) is 4.74 Å². The Bertz CT molecular complexity index is 468. The van der Waals surface area contributed by atoms with Gasteiger partial charge in [-0.05, 0) is 44.9 Å². The smallest absolute Gasteiger partial charge is 0.338 e. The third-order valence-electron chi connectivity index (χ3n) is 3.95. The summed E-state index contributed by atoms with van der Waals surface area (Å²) in [6.45, 7) is 5.27. The van der Waals surface area contributed by atoms with Crippen molar-refractivity contribution in [2.45, 2.75) is 45.6 Å². The van der Waals surface area contributed by atoms with Gasteiger partial charge < -0.3 is 15.4 Å². The third kappa shape index (κ3) is 3.06. The Balaban J connectivity index is 2.21. The summed E-state index contributed by atoms with van der Waals surface area (Å²) in [5.74, 6) is -0.310. The van der Waals surface area contributed by atoms with E-state index in [0.717, 1.165) is 12.2 Å². The molecular weight excluding hydrogens is 252 g/mol. The Morgan fingerprint density at radius 3 is 2.60 bits per heavy atom. The molecule has 110 valence electrons. The van der Waals surface area contributed by atoms with E-state index in [1.54, 1.807) is 19.1 Å². The molecule has 1 aliphatic rings. The minimum absolute atomic E-state index is 0.310. The minimum atomic E-state index is -0.310. The first-order valence-electron chi connectivity index (χ1n) is 7.50. The van der Waals surface area contributed by atoms with Crippen LogP contribution in [0.2, 0.25) is 0 Å². The summed E-state index contributed by atoms with van der Waals surface area (Å²) in [4.78, 5) is 14.1. The van der Waals surface area contributed by atoms with Gasteiger partial charge in [-0.3, -0.25) is 0 Å². The molecular formula is C16H24N2O2. The maximum Gasteiger partial charge on any atom is 0.338 e. The fraction of sp³-hybridized carbons (Fsp3) is 0.562. The van der Waals surface area contributed by atoms with Crippen molar-refractivity contribution in [3.8, 4) is 0 Å². The highest BCUT2D eigenvalue weighted by Gasteiger charge is 2.23. The first kappa shape index (κ1) is 14.7. The highest BCUT2D eigenvalue weighted by molar-refractivity contribution is 5.92. The first-order chi connectivity index (χ1) is 9.67. The van der Waals surface area contributed by atoms with Gasteiger partial charge in [-0.1, -0.05) is 12.8 Å². The number of ether oxygens (including phenoxy) is 1. The zero-order valence-electron chi connectivity index (χ0n) is 12.4. The molecule has 0 amide bonds. The quantitative estimate of drug-likeness (QED) is 0.662. The average Bonchev–Trinajstić information content (AvgIpc) is 2.95. The number of rotatable bonds is 5. The molecule has 1 aliphatic carbocycles. The Kier molecular flexibility index (Phi) is 4.88. The normalized spacial score (nSPS) is 15.3. The summed E-state index contributed by atoms with van der Waals surface area (Å²) >= 11 is 0. The lowest BCUT2D eigenvalue weighted by Gasteiger charge is -2.31. The number of anilines is 2. The largest absolute Gasteiger partial charge is 0.462 e. The van der Waals surface area contributed by atoms with E-state index in [1.165, 1.54) is 25.7 Å². The lowest BCUT2D eigenvalue weighted by molar-refractivity contribution is 0.0526. The molecule has 4 heteroatoms. The number of nitrogen functional groups attached to an aromatic ring is 1. The van der Waals surface area contributed by atoms with E-state index in [1.807, 2.05) is 6.07 Å². The minimum Gasteiger partial charge on any atom is -0.462 e. The van der Waals surface area contributed by atoms with Crippen LogP contribution in [0.4, 0.5) is 11.4 Å². The topological polar surface area (TPSA) is 55.6 Å². The van der Waals surface area contributed by atoms with Gasteiger partial charge in [0.25, 0.3) is 0 Å². The van der Waals surface area contributed by atoms with Gasteiger partial charge in [0.05, 0.1) is 23.5 Å². The summed E-state index contributed by atoms with van der Waals surface area (Å²) < 4.78 is 5.00. The summed E-state index contributed by atoms with van der Waals surface area (Å²) in [7, 11) is 0. The fourth-order valence-corrected chi connectivity index (χ4v) is 3.00. The monoisotopic (exact) mass is 276 g/mol. The third-order valence-corrected chi connectivity index (χ3v) is 3.95. The second-order valence-electron chi connectivity index (χ2n) is 5.22. The number of hydrogen-bond acceptors (Lipinski definition) is 4. The fourth-order valence-electron chi connectivity index (χ4n) is 3.00. The predicted octanol–water partition coefficient (Wildman–Crippen LogP) is 3.21. The molecule has 2 rings (SSSR count). The molecule has 0 radical (unpaired) electrons. The second-order valence-corrected chi connectivity index (χ2v) is 5.22. The molecule has 1 saturated carbocycles. The van der Waals surface area contributed by atoms with Crippen LogP contribution < -0.4 is 10.6 Å². The van der Waals surface area contributed by atoms with Crippen LogP contribution in [0.15, 0.2) is 18.2 Å². The van der Waals surface area contributed by atoms with Crippen molar-refractivity contribution >= 4 is 17.3 Å². The van der Waals surface area contributed by atoms with Crippen LogP contribution in [0, 0.1) is 0 Å². The van der Waals surface area contributed by atoms with Crippen molar-refractivity contribution in [3.05, 3.63) is 23.8 Å². The van der Waals surface area contributed by atoms with Gasteiger partial charge >= 0.3 is 5.97 Å². The Labute approximate surface area is 120 Å². The van der Waals surface area contributed by atoms with Gasteiger partial charge in [0.2, 0.25) is 0 Å². The van der Waals surface area contributed by atoms with Crippen molar-refractivity contribution in [3.63, 3.8) is 0 Å². The van der Waals surface area contributed by atoms with Crippen LogP contribution >= 0.6 is 0 Å². The van der Waals surface area contributed by atoms with E-state index >= 15 is 0 Å². The zero-order chi connectivity index (χ0) is 14.5. The Morgan fingerprint density at radius 2 is 2.05 bits per heavy atom. The maximum absolute atomic E-state index is 11.7. The molecule has 0 heterocycles. The van der Waals surface area contributed by atoms with Crippen LogP contribution in [0.1, 0.15) is 49.9 Å². The number of benzene rings is 1. The van der Waals surface area contributed by atoms with E-state index in [2.05, 4.69) is 11.8 Å². The van der Waals surface area contributed by atoms with Crippen molar-refractivity contribution in [2.75, 3.05) is 23.8 Å². The molecule has 1 aromatic rings. The van der Waals surface area contributed by atoms with E-state index in [0.29, 0.717) is 23.9 Å². The molecule has 1 fully saturated rings. The molecule has 2 N–H and O–H groups in total. The summed E-state index contributed by atoms with van der Waals surface area (Å²) in [5.41, 5.74) is 8.37. The van der Waals surface area contributed by atoms with Crippen LogP contribution in [-0.4, -0.2) is 25.2 Å². The zero-order valence-corrected chi connectivity index (χ0v) is 12.4. The number of nitrogens with zero attached hydrogens (tertiary/aromatic N) is 1. The molecule has 0 unspecified atom stereocenters. The van der Waals surface area contributed by atoms with Gasteiger partial charge in [0.15, 0.2) is 0 Å². The molecule has 4 nitrogen and oxygen atoms in total. The SMILES string of the molecule is CCOC(=O)c1ccc(N(CC)C2CCCC2)c(N)c1. The first-order valence-corrected chi connectivity index (χ1v) is 7.50. The number of nitrogens with two attached hydrogens (primary N) is 1. The molecule has 0 spiro atoms. The van der Waals surface area contributed by atoms with Crippen molar-refractivity contribution < 1.29 is 9.53 Å². The van der Waals surface area contributed by atoms with E-state index < -0.39 is 0 Å². The molecule has 0 bridgehead atoms. The van der Waals surface area contributed by atoms with E-state index in [4.69, 9.17) is 10.5 Å². The lowest BCUT2D eigenvalue weighted by Crippen LogP contribution is -2.33. The molecule has 0 atom stereocenters. The summed E-state index contributed by atoms with van der Waals surface area (Å²) in [5, 5.41) is 0. The van der Waals surface area contributed by atoms with Gasteiger partial charge in [-0.15, -0.1) is 0 Å².